The molecule has 3 nitrogen and oxygen atoms in total. The lowest BCUT2D eigenvalue weighted by Gasteiger charge is -2.10. The molecule has 0 atom stereocenters. The van der Waals surface area contributed by atoms with Crippen molar-refractivity contribution < 1.29 is 22.6 Å². The number of pyridine rings is 1. The van der Waals surface area contributed by atoms with E-state index >= 15 is 0 Å². The minimum Gasteiger partial charge on any atom is -0.497 e. The molecule has 7 heteroatoms. The molecule has 0 bridgehead atoms. The van der Waals surface area contributed by atoms with Crippen LogP contribution in [0.4, 0.5) is 13.2 Å². The summed E-state index contributed by atoms with van der Waals surface area (Å²) in [5.74, 6) is 0.379. The van der Waals surface area contributed by atoms with Crippen LogP contribution in [0, 0.1) is 0 Å². The molecule has 1 aromatic heterocycles. The first-order valence-corrected chi connectivity index (χ1v) is 7.24. The van der Waals surface area contributed by atoms with Crippen LogP contribution < -0.4 is 9.47 Å². The number of benzene rings is 2. The number of methoxy groups -OCH3 is 1. The first-order valence-electron chi connectivity index (χ1n) is 6.86. The zero-order valence-corrected chi connectivity index (χ0v) is 13.2. The van der Waals surface area contributed by atoms with Crippen LogP contribution in [0.5, 0.6) is 11.5 Å². The Morgan fingerprint density at radius 2 is 1.62 bits per heavy atom. The van der Waals surface area contributed by atoms with Gasteiger partial charge < -0.3 is 9.47 Å². The van der Waals surface area contributed by atoms with E-state index in [2.05, 4.69) is 9.72 Å². The van der Waals surface area contributed by atoms with Gasteiger partial charge in [0.2, 0.25) is 0 Å². The van der Waals surface area contributed by atoms with Gasteiger partial charge in [-0.2, -0.15) is 0 Å². The minimum atomic E-state index is -4.72. The Labute approximate surface area is 140 Å². The fraction of sp³-hybridized carbons (Fsp3) is 0.118. The monoisotopic (exact) mass is 353 g/mol. The number of ether oxygens (including phenoxy) is 2. The number of hydrogen-bond acceptors (Lipinski definition) is 3. The van der Waals surface area contributed by atoms with Gasteiger partial charge in [-0.25, -0.2) is 4.98 Å². The number of alkyl halides is 3. The van der Waals surface area contributed by atoms with Gasteiger partial charge in [0, 0.05) is 10.9 Å². The molecule has 0 unspecified atom stereocenters. The highest BCUT2D eigenvalue weighted by atomic mass is 35.5. The topological polar surface area (TPSA) is 31.4 Å². The lowest BCUT2D eigenvalue weighted by molar-refractivity contribution is -0.274. The summed E-state index contributed by atoms with van der Waals surface area (Å²) in [5.41, 5.74) is 1.16. The summed E-state index contributed by atoms with van der Waals surface area (Å²) in [7, 11) is 1.56. The van der Waals surface area contributed by atoms with E-state index in [1.165, 1.54) is 24.3 Å². The van der Waals surface area contributed by atoms with E-state index in [-0.39, 0.29) is 5.75 Å². The number of nitrogens with zero attached hydrogens (tertiary/aromatic N) is 1. The van der Waals surface area contributed by atoms with Crippen molar-refractivity contribution in [3.05, 3.63) is 53.7 Å². The largest absolute Gasteiger partial charge is 0.573 e. The summed E-state index contributed by atoms with van der Waals surface area (Å²) in [4.78, 5) is 4.29. The van der Waals surface area contributed by atoms with Crippen molar-refractivity contribution in [2.24, 2.45) is 0 Å². The van der Waals surface area contributed by atoms with Crippen molar-refractivity contribution >= 4 is 22.4 Å². The molecule has 0 N–H and O–H groups in total. The maximum Gasteiger partial charge on any atom is 0.573 e. The Morgan fingerprint density at radius 3 is 2.25 bits per heavy atom. The number of fused-ring (bicyclic) bond motifs is 1. The second-order valence-corrected chi connectivity index (χ2v) is 5.32. The van der Waals surface area contributed by atoms with Gasteiger partial charge in [0.25, 0.3) is 0 Å². The van der Waals surface area contributed by atoms with Crippen molar-refractivity contribution in [2.45, 2.75) is 6.36 Å². The summed E-state index contributed by atoms with van der Waals surface area (Å²) in [6.07, 6.45) is -4.72. The highest BCUT2D eigenvalue weighted by Crippen LogP contribution is 2.31. The fourth-order valence-corrected chi connectivity index (χ4v) is 2.56. The molecule has 0 amide bonds. The molecule has 3 aromatic rings. The standard InChI is InChI=1S/C17H11ClF3NO2/c1-23-13-6-7-14-11(8-13)9-15(22-16(14)18)10-2-4-12(5-3-10)24-17(19,20)21/h2-9H,1H3. The summed E-state index contributed by atoms with van der Waals surface area (Å²) in [6.45, 7) is 0. The summed E-state index contributed by atoms with van der Waals surface area (Å²) in [6, 6.07) is 12.6. The zero-order chi connectivity index (χ0) is 17.3. The molecule has 0 saturated carbocycles. The smallest absolute Gasteiger partial charge is 0.497 e. The van der Waals surface area contributed by atoms with Gasteiger partial charge in [0.15, 0.2) is 0 Å². The third-order valence-electron chi connectivity index (χ3n) is 3.38. The Balaban J connectivity index is 1.99. The lowest BCUT2D eigenvalue weighted by atomic mass is 10.1. The van der Waals surface area contributed by atoms with E-state index in [9.17, 15) is 13.2 Å². The highest BCUT2D eigenvalue weighted by Gasteiger charge is 2.30. The molecule has 0 aliphatic carbocycles. The molecule has 1 heterocycles. The number of hydrogen-bond donors (Lipinski definition) is 0. The summed E-state index contributed by atoms with van der Waals surface area (Å²) >= 11 is 6.20. The van der Waals surface area contributed by atoms with Gasteiger partial charge in [-0.3, -0.25) is 0 Å². The average Bonchev–Trinajstić information content (AvgIpc) is 2.53. The molecule has 124 valence electrons. The SMILES string of the molecule is COc1ccc2c(Cl)nc(-c3ccc(OC(F)(F)F)cc3)cc2c1. The van der Waals surface area contributed by atoms with Gasteiger partial charge in [0.1, 0.15) is 16.7 Å². The van der Waals surface area contributed by atoms with E-state index in [1.54, 1.807) is 25.3 Å². The van der Waals surface area contributed by atoms with Crippen molar-refractivity contribution in [1.29, 1.82) is 0 Å². The average molecular weight is 354 g/mol. The first kappa shape index (κ1) is 16.4. The molecule has 0 aliphatic rings. The molecular weight excluding hydrogens is 343 g/mol. The third kappa shape index (κ3) is 3.54. The van der Waals surface area contributed by atoms with Crippen LogP contribution in [-0.2, 0) is 0 Å². The van der Waals surface area contributed by atoms with Gasteiger partial charge in [-0.15, -0.1) is 13.2 Å². The number of halogens is 4. The quantitative estimate of drug-likeness (QED) is 0.586. The van der Waals surface area contributed by atoms with Crippen LogP contribution in [0.25, 0.3) is 22.0 Å². The third-order valence-corrected chi connectivity index (χ3v) is 3.66. The Hall–Kier alpha value is -2.47. The van der Waals surface area contributed by atoms with E-state index in [4.69, 9.17) is 16.3 Å². The Kier molecular flexibility index (Phi) is 4.24. The van der Waals surface area contributed by atoms with Gasteiger partial charge in [-0.1, -0.05) is 11.6 Å². The number of rotatable bonds is 3. The normalized spacial score (nSPS) is 11.5. The van der Waals surface area contributed by atoms with Crippen molar-refractivity contribution in [2.75, 3.05) is 7.11 Å². The fourth-order valence-electron chi connectivity index (χ4n) is 2.30. The predicted molar refractivity (Wildman–Crippen MR) is 85.4 cm³/mol. The van der Waals surface area contributed by atoms with Gasteiger partial charge >= 0.3 is 6.36 Å². The van der Waals surface area contributed by atoms with E-state index < -0.39 is 6.36 Å². The van der Waals surface area contributed by atoms with Gasteiger partial charge in [0.05, 0.1) is 12.8 Å². The Morgan fingerprint density at radius 1 is 0.958 bits per heavy atom. The molecule has 0 fully saturated rings. The maximum atomic E-state index is 12.2. The summed E-state index contributed by atoms with van der Waals surface area (Å²) < 4.78 is 45.6. The molecule has 0 spiro atoms. The molecule has 3 rings (SSSR count). The molecule has 2 aromatic carbocycles. The summed E-state index contributed by atoms with van der Waals surface area (Å²) in [5, 5.41) is 1.89. The zero-order valence-electron chi connectivity index (χ0n) is 12.4. The lowest BCUT2D eigenvalue weighted by Crippen LogP contribution is -2.16. The van der Waals surface area contributed by atoms with E-state index in [0.717, 1.165) is 10.8 Å². The second-order valence-electron chi connectivity index (χ2n) is 4.96. The van der Waals surface area contributed by atoms with Crippen LogP contribution in [0.3, 0.4) is 0 Å². The number of aromatic nitrogens is 1. The first-order chi connectivity index (χ1) is 11.4. The minimum absolute atomic E-state index is 0.292. The second kappa shape index (κ2) is 6.20. The van der Waals surface area contributed by atoms with Crippen molar-refractivity contribution in [3.8, 4) is 22.8 Å². The van der Waals surface area contributed by atoms with E-state index in [0.29, 0.717) is 22.2 Å². The highest BCUT2D eigenvalue weighted by molar-refractivity contribution is 6.34. The molecular formula is C17H11ClF3NO2. The molecule has 0 radical (unpaired) electrons. The van der Waals surface area contributed by atoms with Crippen LogP contribution in [0.15, 0.2) is 48.5 Å². The van der Waals surface area contributed by atoms with Crippen LogP contribution in [0.2, 0.25) is 5.15 Å². The van der Waals surface area contributed by atoms with Crippen molar-refractivity contribution in [3.63, 3.8) is 0 Å². The maximum absolute atomic E-state index is 12.2. The van der Waals surface area contributed by atoms with Crippen LogP contribution in [0.1, 0.15) is 0 Å². The van der Waals surface area contributed by atoms with Crippen LogP contribution in [-0.4, -0.2) is 18.5 Å². The van der Waals surface area contributed by atoms with E-state index in [1.807, 2.05) is 6.07 Å². The molecule has 0 saturated heterocycles. The Bertz CT molecular complexity index is 879. The van der Waals surface area contributed by atoms with Crippen LogP contribution >= 0.6 is 11.6 Å². The predicted octanol–water partition coefficient (Wildman–Crippen LogP) is 5.46. The van der Waals surface area contributed by atoms with Crippen molar-refractivity contribution in [1.82, 2.24) is 4.98 Å². The molecule has 24 heavy (non-hydrogen) atoms. The van der Waals surface area contributed by atoms with Gasteiger partial charge in [-0.05, 0) is 53.9 Å². The molecule has 0 aliphatic heterocycles.